The van der Waals surface area contributed by atoms with E-state index in [1.54, 1.807) is 19.1 Å². The van der Waals surface area contributed by atoms with Crippen LogP contribution in [0.5, 0.6) is 5.75 Å². The average Bonchev–Trinajstić information content (AvgIpc) is 3.25. The molecule has 4 heterocycles. The van der Waals surface area contributed by atoms with Crippen LogP contribution in [0.4, 0.5) is 10.5 Å². The first-order chi connectivity index (χ1) is 22.6. The summed E-state index contributed by atoms with van der Waals surface area (Å²) in [5.74, 6) is 1.25. The molecular weight excluding hydrogens is 614 g/mol. The van der Waals surface area contributed by atoms with Crippen LogP contribution < -0.4 is 5.32 Å². The van der Waals surface area contributed by atoms with Crippen molar-refractivity contribution in [2.45, 2.75) is 84.2 Å². The minimum absolute atomic E-state index is 0.0128. The van der Waals surface area contributed by atoms with E-state index in [1.165, 1.54) is 31.5 Å². The fourth-order valence-corrected chi connectivity index (χ4v) is 7.71. The van der Waals surface area contributed by atoms with Crippen LogP contribution in [-0.2, 0) is 22.4 Å². The second kappa shape index (κ2) is 16.2. The van der Waals surface area contributed by atoms with Gasteiger partial charge in [0.1, 0.15) is 5.75 Å². The zero-order chi connectivity index (χ0) is 33.5. The van der Waals surface area contributed by atoms with Gasteiger partial charge >= 0.3 is 6.03 Å². The molecule has 0 unspecified atom stereocenters. The van der Waals surface area contributed by atoms with E-state index in [0.29, 0.717) is 17.5 Å². The van der Waals surface area contributed by atoms with Gasteiger partial charge in [0.15, 0.2) is 0 Å². The Morgan fingerprint density at radius 1 is 0.894 bits per heavy atom. The molecule has 3 saturated heterocycles. The first-order valence-electron chi connectivity index (χ1n) is 17.5. The van der Waals surface area contributed by atoms with Crippen molar-refractivity contribution in [2.75, 3.05) is 51.1 Å². The summed E-state index contributed by atoms with van der Waals surface area (Å²) < 4.78 is 0. The molecule has 2 aromatic carbocycles. The Labute approximate surface area is 285 Å². The van der Waals surface area contributed by atoms with E-state index in [1.807, 2.05) is 45.9 Å². The number of likely N-dealkylation sites (tertiary alicyclic amines) is 3. The monoisotopic (exact) mass is 665 g/mol. The number of anilines is 1. The Bertz CT molecular complexity index is 1380. The zero-order valence-corrected chi connectivity index (χ0v) is 29.1. The summed E-state index contributed by atoms with van der Waals surface area (Å²) in [6.07, 6.45) is 8.07. The van der Waals surface area contributed by atoms with Crippen molar-refractivity contribution in [1.29, 1.82) is 0 Å². The predicted octanol–water partition coefficient (Wildman–Crippen LogP) is 6.03. The highest BCUT2D eigenvalue weighted by molar-refractivity contribution is 6.32. The van der Waals surface area contributed by atoms with Crippen LogP contribution in [0.3, 0.4) is 0 Å². The Kier molecular flexibility index (Phi) is 12.1. The van der Waals surface area contributed by atoms with Crippen LogP contribution in [0, 0.1) is 11.8 Å². The lowest BCUT2D eigenvalue weighted by atomic mass is 9.94. The number of amides is 4. The molecule has 47 heavy (non-hydrogen) atoms. The van der Waals surface area contributed by atoms with E-state index in [0.717, 1.165) is 82.0 Å². The normalized spacial score (nSPS) is 20.9. The van der Waals surface area contributed by atoms with Gasteiger partial charge in [0, 0.05) is 63.3 Å². The number of benzene rings is 2. The molecule has 0 saturated carbocycles. The molecule has 2 N–H and O–H groups in total. The molecule has 10 heteroatoms. The fraction of sp³-hybridized carbons (Fsp3) is 0.595. The van der Waals surface area contributed by atoms with Crippen LogP contribution >= 0.6 is 11.6 Å². The van der Waals surface area contributed by atoms with Crippen molar-refractivity contribution in [1.82, 2.24) is 19.6 Å². The number of hydrogen-bond donors (Lipinski definition) is 2. The van der Waals surface area contributed by atoms with Crippen LogP contribution in [0.15, 0.2) is 42.5 Å². The van der Waals surface area contributed by atoms with E-state index in [9.17, 15) is 19.5 Å². The number of carbonyl (C=O) groups is 3. The van der Waals surface area contributed by atoms with Crippen LogP contribution in [0.1, 0.15) is 70.4 Å². The number of phenolic OH excluding ortho intramolecular Hbond substituents is 1. The first-order valence-corrected chi connectivity index (χ1v) is 17.9. The number of nitrogens with zero attached hydrogens (tertiary/aromatic N) is 4. The number of carbonyl (C=O) groups excluding carboxylic acids is 3. The van der Waals surface area contributed by atoms with Crippen molar-refractivity contribution < 1.29 is 19.5 Å². The third kappa shape index (κ3) is 9.20. The highest BCUT2D eigenvalue weighted by atomic mass is 35.5. The van der Waals surface area contributed by atoms with Crippen molar-refractivity contribution >= 4 is 35.1 Å². The number of nitrogens with one attached hydrogen (secondary N) is 1. The van der Waals surface area contributed by atoms with Crippen LogP contribution in [0.25, 0.3) is 0 Å². The minimum Gasteiger partial charge on any atom is -0.506 e. The van der Waals surface area contributed by atoms with Crippen molar-refractivity contribution in [3.8, 4) is 5.75 Å². The second-order valence-corrected chi connectivity index (χ2v) is 14.3. The largest absolute Gasteiger partial charge is 0.506 e. The van der Waals surface area contributed by atoms with Crippen LogP contribution in [0.2, 0.25) is 5.02 Å². The maximum Gasteiger partial charge on any atom is 0.322 e. The van der Waals surface area contributed by atoms with Gasteiger partial charge in [-0.15, -0.1) is 0 Å². The number of piperidine rings is 3. The van der Waals surface area contributed by atoms with Gasteiger partial charge < -0.3 is 30.0 Å². The molecule has 4 amide bonds. The standard InChI is InChI=1S/C21H31ClN2O2.C16H21N3O2/c1-15-5-9-23(10-6-15)18-7-11-24(12-8-18)21(26)16(2)13-17-3-4-20(25)19(22)14-17;1-12(20)18-9-7-14(8-10-18)19-11-6-13-4-2-3-5-15(13)17-16(19)21/h3-4,14-16,18,25H,5-13H2,1-2H3;2-5,14H,6-11H2,1H3,(H,17,21)/t16-;/m1./s1. The first kappa shape index (κ1) is 35.0. The third-order valence-corrected chi connectivity index (χ3v) is 10.9. The molecule has 0 bridgehead atoms. The molecule has 1 atom stereocenters. The third-order valence-electron chi connectivity index (χ3n) is 10.6. The summed E-state index contributed by atoms with van der Waals surface area (Å²) in [4.78, 5) is 45.1. The van der Waals surface area contributed by atoms with E-state index < -0.39 is 0 Å². The van der Waals surface area contributed by atoms with E-state index >= 15 is 0 Å². The molecule has 256 valence electrons. The summed E-state index contributed by atoms with van der Waals surface area (Å²) >= 11 is 5.97. The lowest BCUT2D eigenvalue weighted by Crippen LogP contribution is -2.49. The van der Waals surface area contributed by atoms with E-state index in [-0.39, 0.29) is 35.6 Å². The van der Waals surface area contributed by atoms with Gasteiger partial charge in [0.25, 0.3) is 0 Å². The highest BCUT2D eigenvalue weighted by Gasteiger charge is 2.32. The molecule has 2 aromatic rings. The molecule has 0 aromatic heterocycles. The minimum atomic E-state index is -0.0667. The van der Waals surface area contributed by atoms with Gasteiger partial charge in [-0.3, -0.25) is 9.59 Å². The number of aromatic hydroxyl groups is 1. The Morgan fingerprint density at radius 3 is 2.19 bits per heavy atom. The fourth-order valence-electron chi connectivity index (χ4n) is 7.51. The van der Waals surface area contributed by atoms with Crippen molar-refractivity contribution in [3.63, 3.8) is 0 Å². The van der Waals surface area contributed by atoms with Gasteiger partial charge in [-0.1, -0.05) is 49.7 Å². The topological polar surface area (TPSA) is 96.4 Å². The highest BCUT2D eigenvalue weighted by Crippen LogP contribution is 2.28. The Hall–Kier alpha value is -3.30. The van der Waals surface area contributed by atoms with Gasteiger partial charge in [-0.2, -0.15) is 0 Å². The molecule has 0 spiro atoms. The predicted molar refractivity (Wildman–Crippen MR) is 187 cm³/mol. The van der Waals surface area contributed by atoms with Gasteiger partial charge in [0.2, 0.25) is 11.8 Å². The molecule has 4 aliphatic heterocycles. The number of rotatable bonds is 5. The second-order valence-electron chi connectivity index (χ2n) is 13.9. The average molecular weight is 666 g/mol. The number of para-hydroxylation sites is 1. The number of fused-ring (bicyclic) bond motifs is 1. The van der Waals surface area contributed by atoms with Gasteiger partial charge in [0.05, 0.1) is 5.02 Å². The van der Waals surface area contributed by atoms with E-state index in [4.69, 9.17) is 11.6 Å². The summed E-state index contributed by atoms with van der Waals surface area (Å²) in [7, 11) is 0. The maximum atomic E-state index is 12.8. The number of halogens is 1. The zero-order valence-electron chi connectivity index (χ0n) is 28.3. The SMILES string of the molecule is CC(=O)N1CCC(N2CCc3ccccc3NC2=O)CC1.CC1CCN(C2CCN(C(=O)[C@H](C)Cc3ccc(O)c(Cl)c3)CC2)CC1. The molecule has 3 fully saturated rings. The molecule has 0 radical (unpaired) electrons. The molecule has 4 aliphatic rings. The van der Waals surface area contributed by atoms with Crippen LogP contribution in [-0.4, -0.2) is 100 Å². The molecule has 6 rings (SSSR count). The summed E-state index contributed by atoms with van der Waals surface area (Å²) in [6.45, 7) is 12.4. The van der Waals surface area contributed by atoms with E-state index in [2.05, 4.69) is 23.2 Å². The molecule has 0 aliphatic carbocycles. The summed E-state index contributed by atoms with van der Waals surface area (Å²) in [5, 5.41) is 12.9. The lowest BCUT2D eigenvalue weighted by molar-refractivity contribution is -0.136. The smallest absolute Gasteiger partial charge is 0.322 e. The molecule has 9 nitrogen and oxygen atoms in total. The summed E-state index contributed by atoms with van der Waals surface area (Å²) in [6, 6.07) is 14.0. The summed E-state index contributed by atoms with van der Waals surface area (Å²) in [5.41, 5.74) is 3.10. The Balaban J connectivity index is 0.000000189. The van der Waals surface area contributed by atoms with Gasteiger partial charge in [-0.25, -0.2) is 4.79 Å². The molecular formula is C37H52ClN5O4. The van der Waals surface area contributed by atoms with Crippen molar-refractivity contribution in [3.05, 3.63) is 58.6 Å². The number of phenols is 1. The number of hydrogen-bond acceptors (Lipinski definition) is 5. The maximum absolute atomic E-state index is 12.8. The number of urea groups is 1. The van der Waals surface area contributed by atoms with Crippen molar-refractivity contribution in [2.24, 2.45) is 11.8 Å². The van der Waals surface area contributed by atoms with Gasteiger partial charge in [-0.05, 0) is 99.7 Å². The Morgan fingerprint density at radius 2 is 1.53 bits per heavy atom. The lowest BCUT2D eigenvalue weighted by Gasteiger charge is -2.41. The quantitative estimate of drug-likeness (QED) is 0.407.